The van der Waals surface area contributed by atoms with E-state index in [1.165, 1.54) is 0 Å². The number of likely N-dealkylation sites (tertiary alicyclic amines) is 2. The maximum atomic E-state index is 12.4. The van der Waals surface area contributed by atoms with Crippen LogP contribution in [0.5, 0.6) is 5.75 Å². The van der Waals surface area contributed by atoms with Crippen molar-refractivity contribution >= 4 is 11.8 Å². The van der Waals surface area contributed by atoms with E-state index in [2.05, 4.69) is 0 Å². The Hall–Kier alpha value is -2.04. The summed E-state index contributed by atoms with van der Waals surface area (Å²) in [5.74, 6) is 1.47. The summed E-state index contributed by atoms with van der Waals surface area (Å²) in [6.07, 6.45) is 6.39. The van der Waals surface area contributed by atoms with E-state index in [4.69, 9.17) is 4.74 Å². The number of carbonyl (C=O) groups is 2. The third-order valence-electron chi connectivity index (χ3n) is 5.52. The fourth-order valence-corrected chi connectivity index (χ4v) is 3.85. The van der Waals surface area contributed by atoms with E-state index < -0.39 is 0 Å². The molecule has 134 valence electrons. The summed E-state index contributed by atoms with van der Waals surface area (Å²) < 4.78 is 5.91. The van der Waals surface area contributed by atoms with E-state index in [-0.39, 0.29) is 17.9 Å². The molecule has 4 rings (SSSR count). The van der Waals surface area contributed by atoms with Gasteiger partial charge in [0.05, 0.1) is 6.04 Å². The van der Waals surface area contributed by atoms with Crippen LogP contribution < -0.4 is 4.74 Å². The van der Waals surface area contributed by atoms with Crippen molar-refractivity contribution in [1.29, 1.82) is 0 Å². The molecule has 0 N–H and O–H groups in total. The molecule has 2 heterocycles. The first kappa shape index (κ1) is 16.4. The molecule has 0 radical (unpaired) electrons. The van der Waals surface area contributed by atoms with E-state index in [0.29, 0.717) is 12.5 Å². The van der Waals surface area contributed by atoms with E-state index in [1.54, 1.807) is 0 Å². The van der Waals surface area contributed by atoms with Crippen molar-refractivity contribution in [3.63, 3.8) is 0 Å². The molecule has 0 bridgehead atoms. The van der Waals surface area contributed by atoms with E-state index in [1.807, 2.05) is 34.1 Å². The van der Waals surface area contributed by atoms with Gasteiger partial charge in [-0.15, -0.1) is 0 Å². The number of hydrogen-bond acceptors (Lipinski definition) is 3. The second-order valence-corrected chi connectivity index (χ2v) is 7.44. The average Bonchev–Trinajstić information content (AvgIpc) is 3.15. The van der Waals surface area contributed by atoms with E-state index in [0.717, 1.165) is 69.5 Å². The fraction of sp³-hybridized carbons (Fsp3) is 0.600. The van der Waals surface area contributed by atoms with Gasteiger partial charge in [0.1, 0.15) is 12.4 Å². The Bertz CT molecular complexity index is 633. The Labute approximate surface area is 148 Å². The number of benzene rings is 1. The van der Waals surface area contributed by atoms with Gasteiger partial charge in [0.15, 0.2) is 0 Å². The largest absolute Gasteiger partial charge is 0.491 e. The molecule has 2 aliphatic heterocycles. The summed E-state index contributed by atoms with van der Waals surface area (Å²) in [4.78, 5) is 28.6. The monoisotopic (exact) mass is 342 g/mol. The lowest BCUT2D eigenvalue weighted by Crippen LogP contribution is -2.39. The van der Waals surface area contributed by atoms with E-state index in [9.17, 15) is 9.59 Å². The first-order chi connectivity index (χ1) is 12.2. The van der Waals surface area contributed by atoms with Crippen molar-refractivity contribution in [2.24, 2.45) is 5.92 Å². The third-order valence-corrected chi connectivity index (χ3v) is 5.52. The number of carbonyl (C=O) groups excluding carboxylic acids is 2. The van der Waals surface area contributed by atoms with Crippen molar-refractivity contribution in [3.8, 4) is 5.75 Å². The molecule has 0 spiro atoms. The summed E-state index contributed by atoms with van der Waals surface area (Å²) in [7, 11) is 0. The Morgan fingerprint density at radius 2 is 1.68 bits per heavy atom. The molecule has 0 aromatic heterocycles. The van der Waals surface area contributed by atoms with Gasteiger partial charge in [-0.2, -0.15) is 0 Å². The van der Waals surface area contributed by atoms with Crippen molar-refractivity contribution in [1.82, 2.24) is 9.80 Å². The quantitative estimate of drug-likeness (QED) is 0.827. The van der Waals surface area contributed by atoms with Gasteiger partial charge in [-0.25, -0.2) is 0 Å². The molecule has 2 amide bonds. The molecule has 1 atom stereocenters. The van der Waals surface area contributed by atoms with Crippen molar-refractivity contribution in [3.05, 3.63) is 29.8 Å². The molecule has 1 aromatic carbocycles. The minimum atomic E-state index is 0.112. The predicted octanol–water partition coefficient (Wildman–Crippen LogP) is 2.70. The topological polar surface area (TPSA) is 49.9 Å². The lowest BCUT2D eigenvalue weighted by Gasteiger charge is -2.25. The fourth-order valence-electron chi connectivity index (χ4n) is 3.85. The zero-order valence-corrected chi connectivity index (χ0v) is 14.7. The van der Waals surface area contributed by atoms with Gasteiger partial charge in [-0.1, -0.05) is 0 Å². The summed E-state index contributed by atoms with van der Waals surface area (Å²) in [5.41, 5.74) is 0.723. The van der Waals surface area contributed by atoms with Gasteiger partial charge in [0.25, 0.3) is 5.91 Å². The highest BCUT2D eigenvalue weighted by Crippen LogP contribution is 2.33. The van der Waals surface area contributed by atoms with Crippen LogP contribution in [0.1, 0.15) is 48.9 Å². The third kappa shape index (κ3) is 3.65. The average molecular weight is 342 g/mol. The van der Waals surface area contributed by atoms with Crippen molar-refractivity contribution in [2.45, 2.75) is 44.6 Å². The van der Waals surface area contributed by atoms with Crippen molar-refractivity contribution < 1.29 is 14.3 Å². The second-order valence-electron chi connectivity index (χ2n) is 7.44. The summed E-state index contributed by atoms with van der Waals surface area (Å²) in [6, 6.07) is 7.62. The van der Waals surface area contributed by atoms with Crippen LogP contribution in [0.15, 0.2) is 24.3 Å². The lowest BCUT2D eigenvalue weighted by molar-refractivity contribution is -0.133. The minimum Gasteiger partial charge on any atom is -0.491 e. The number of nitrogens with zero attached hydrogens (tertiary/aromatic N) is 2. The highest BCUT2D eigenvalue weighted by molar-refractivity contribution is 5.94. The van der Waals surface area contributed by atoms with Gasteiger partial charge in [-0.05, 0) is 62.8 Å². The second kappa shape index (κ2) is 7.06. The zero-order valence-electron chi connectivity index (χ0n) is 14.7. The molecule has 1 aliphatic carbocycles. The van der Waals surface area contributed by atoms with Crippen LogP contribution in [0.3, 0.4) is 0 Å². The minimum absolute atomic E-state index is 0.112. The summed E-state index contributed by atoms with van der Waals surface area (Å²) >= 11 is 0. The number of ether oxygens (including phenoxy) is 1. The van der Waals surface area contributed by atoms with Crippen LogP contribution in [0.25, 0.3) is 0 Å². The number of hydrogen-bond donors (Lipinski definition) is 0. The first-order valence-corrected chi connectivity index (χ1v) is 9.55. The maximum Gasteiger partial charge on any atom is 0.253 e. The molecule has 3 aliphatic rings. The van der Waals surface area contributed by atoms with Crippen LogP contribution in [0.2, 0.25) is 0 Å². The zero-order chi connectivity index (χ0) is 17.2. The Balaban J connectivity index is 1.32. The van der Waals surface area contributed by atoms with Gasteiger partial charge in [0, 0.05) is 31.1 Å². The molecule has 1 aromatic rings. The molecule has 1 unspecified atom stereocenters. The Kier molecular flexibility index (Phi) is 4.64. The normalized spacial score (nSPS) is 23.1. The van der Waals surface area contributed by atoms with Crippen LogP contribution in [0.4, 0.5) is 0 Å². The van der Waals surface area contributed by atoms with Gasteiger partial charge in [0.2, 0.25) is 5.91 Å². The molecule has 1 saturated carbocycles. The lowest BCUT2D eigenvalue weighted by atomic mass is 10.2. The highest BCUT2D eigenvalue weighted by Gasteiger charge is 2.38. The van der Waals surface area contributed by atoms with Crippen LogP contribution >= 0.6 is 0 Å². The Morgan fingerprint density at radius 3 is 2.36 bits per heavy atom. The summed E-state index contributed by atoms with van der Waals surface area (Å²) in [6.45, 7) is 3.14. The van der Waals surface area contributed by atoms with Crippen LogP contribution in [-0.2, 0) is 4.79 Å². The van der Waals surface area contributed by atoms with Crippen LogP contribution in [-0.4, -0.2) is 53.9 Å². The molecule has 5 heteroatoms. The molecule has 5 nitrogen and oxygen atoms in total. The predicted molar refractivity (Wildman–Crippen MR) is 94.5 cm³/mol. The highest BCUT2D eigenvalue weighted by atomic mass is 16.5. The molecular formula is C20H26N2O3. The van der Waals surface area contributed by atoms with Crippen LogP contribution in [0, 0.1) is 5.92 Å². The smallest absolute Gasteiger partial charge is 0.253 e. The maximum absolute atomic E-state index is 12.4. The van der Waals surface area contributed by atoms with Gasteiger partial charge in [-0.3, -0.25) is 9.59 Å². The molecular weight excluding hydrogens is 316 g/mol. The number of amides is 2. The molecule has 3 fully saturated rings. The van der Waals surface area contributed by atoms with Gasteiger partial charge < -0.3 is 14.5 Å². The van der Waals surface area contributed by atoms with Gasteiger partial charge >= 0.3 is 0 Å². The summed E-state index contributed by atoms with van der Waals surface area (Å²) in [5, 5.41) is 0. The van der Waals surface area contributed by atoms with E-state index >= 15 is 0 Å². The molecule has 2 saturated heterocycles. The SMILES string of the molecule is O=C(c1ccc(OCC2CCCN2C(=O)C2CC2)cc1)N1CCCC1. The molecule has 25 heavy (non-hydrogen) atoms. The standard InChI is InChI=1S/C20H26N2O3/c23-19(21-11-1-2-12-21)15-7-9-18(10-8-15)25-14-17-4-3-13-22(17)20(24)16-5-6-16/h7-10,16-17H,1-6,11-14H2. The van der Waals surface area contributed by atoms with Crippen molar-refractivity contribution in [2.75, 3.05) is 26.2 Å². The number of rotatable bonds is 5. The first-order valence-electron chi connectivity index (χ1n) is 9.55. The Morgan fingerprint density at radius 1 is 0.960 bits per heavy atom.